The third-order valence-corrected chi connectivity index (χ3v) is 19.7. The molecule has 67 heavy (non-hydrogen) atoms. The van der Waals surface area contributed by atoms with Crippen molar-refractivity contribution in [1.82, 2.24) is 0 Å². The van der Waals surface area contributed by atoms with Crippen molar-refractivity contribution in [3.63, 3.8) is 0 Å². The quantitative estimate of drug-likeness (QED) is 0.0971. The van der Waals surface area contributed by atoms with E-state index in [1.54, 1.807) is 0 Å². The van der Waals surface area contributed by atoms with E-state index in [0.29, 0.717) is 32.1 Å². The molecule has 0 bridgehead atoms. The molecule has 19 heteroatoms. The van der Waals surface area contributed by atoms with Crippen LogP contribution in [0.25, 0.3) is 0 Å². The average molecular weight is 959 g/mol. The first kappa shape index (κ1) is 51.9. The van der Waals surface area contributed by atoms with Crippen molar-refractivity contribution in [1.29, 1.82) is 0 Å². The van der Waals surface area contributed by atoms with E-state index < -0.39 is 134 Å². The molecular formula is C48H78O19. The Bertz CT molecular complexity index is 1820. The average Bonchev–Trinajstić information content (AvgIpc) is 3.29. The lowest BCUT2D eigenvalue weighted by atomic mass is 9.33. The van der Waals surface area contributed by atoms with E-state index in [9.17, 15) is 61.3 Å². The number of aliphatic hydroxyl groups excluding tert-OH is 12. The second-order valence-electron chi connectivity index (χ2n) is 22.9. The van der Waals surface area contributed by atoms with E-state index in [1.807, 2.05) is 6.92 Å². The first-order chi connectivity index (χ1) is 31.4. The van der Waals surface area contributed by atoms with E-state index in [1.165, 1.54) is 12.5 Å². The van der Waals surface area contributed by atoms with Crippen molar-refractivity contribution in [2.45, 2.75) is 204 Å². The van der Waals surface area contributed by atoms with Crippen LogP contribution in [-0.4, -0.2) is 191 Å². The minimum Gasteiger partial charge on any atom is -0.432 e. The number of aliphatic hydroxyl groups is 12. The van der Waals surface area contributed by atoms with E-state index in [2.05, 4.69) is 40.7 Å². The Labute approximate surface area is 392 Å². The number of hydrogen-bond donors (Lipinski definition) is 12. The lowest BCUT2D eigenvalue weighted by molar-refractivity contribution is -0.361. The van der Waals surface area contributed by atoms with Crippen LogP contribution < -0.4 is 0 Å². The van der Waals surface area contributed by atoms with Gasteiger partial charge in [-0.3, -0.25) is 4.79 Å². The van der Waals surface area contributed by atoms with Crippen molar-refractivity contribution >= 4 is 5.97 Å². The fourth-order valence-corrected chi connectivity index (χ4v) is 15.2. The molecule has 5 aliphatic carbocycles. The highest BCUT2D eigenvalue weighted by atomic mass is 16.8. The molecule has 12 N–H and O–H groups in total. The molecule has 3 aliphatic heterocycles. The number of carbonyl (C=O) groups is 1. The highest BCUT2D eigenvalue weighted by Crippen LogP contribution is 2.76. The number of rotatable bonds is 9. The van der Waals surface area contributed by atoms with Gasteiger partial charge < -0.3 is 89.7 Å². The molecule has 0 unspecified atom stereocenters. The van der Waals surface area contributed by atoms with E-state index in [-0.39, 0.29) is 52.4 Å². The Balaban J connectivity index is 0.985. The van der Waals surface area contributed by atoms with Gasteiger partial charge in [0.1, 0.15) is 67.1 Å². The van der Waals surface area contributed by atoms with Gasteiger partial charge in [0.05, 0.1) is 43.5 Å². The second kappa shape index (κ2) is 18.5. The Morgan fingerprint density at radius 2 is 1.34 bits per heavy atom. The SMILES string of the molecule is C[C@H]1[C@H](C)CC[C@]2(C(=O)O[C@H]3O[C@@H](CO[C@H]4O[C@@H](CO)[C@H](O[C@@H]5O[C@H](C)[C@H](O)[C@@H](O)[C@H]5O)[C@@H](O)[C@@H]4O)[C@@H](O)[C@@H](O)[C@@H]3O)CC[C@]3(C)C(=CC[C@H]4[C@@]5(C)C[C@@H](O)[C@@H](O)[C@@](C)(CO)[C@H]5CC[C@]43C)[C@H]12. The van der Waals surface area contributed by atoms with Crippen molar-refractivity contribution in [3.05, 3.63) is 11.6 Å². The van der Waals surface area contributed by atoms with Crippen molar-refractivity contribution in [2.24, 2.45) is 56.7 Å². The fraction of sp³-hybridized carbons (Fsp3) is 0.938. The van der Waals surface area contributed by atoms with Crippen LogP contribution in [0.2, 0.25) is 0 Å². The molecule has 27 atom stereocenters. The lowest BCUT2D eigenvalue weighted by Crippen LogP contribution is -2.68. The van der Waals surface area contributed by atoms with Crippen molar-refractivity contribution in [3.8, 4) is 0 Å². The molecule has 19 nitrogen and oxygen atoms in total. The molecule has 0 aromatic rings. The molecule has 0 aromatic heterocycles. The lowest BCUT2D eigenvalue weighted by Gasteiger charge is -2.71. The maximum Gasteiger partial charge on any atom is 0.315 e. The van der Waals surface area contributed by atoms with Gasteiger partial charge in [0, 0.05) is 5.41 Å². The minimum atomic E-state index is -1.86. The molecule has 3 heterocycles. The van der Waals surface area contributed by atoms with Crippen molar-refractivity contribution < 1.29 is 94.5 Å². The summed E-state index contributed by atoms with van der Waals surface area (Å²) in [5, 5.41) is 130. The molecule has 8 rings (SSSR count). The molecule has 0 aromatic carbocycles. The number of esters is 1. The monoisotopic (exact) mass is 959 g/mol. The van der Waals surface area contributed by atoms with Gasteiger partial charge in [0.25, 0.3) is 0 Å². The van der Waals surface area contributed by atoms with Gasteiger partial charge in [-0.1, -0.05) is 53.2 Å². The van der Waals surface area contributed by atoms with Gasteiger partial charge in [0.2, 0.25) is 6.29 Å². The molecule has 0 spiro atoms. The van der Waals surface area contributed by atoms with E-state index >= 15 is 4.79 Å². The zero-order chi connectivity index (χ0) is 49.1. The molecular weight excluding hydrogens is 881 g/mol. The number of allylic oxidation sites excluding steroid dienone is 2. The number of carbonyl (C=O) groups excluding carboxylic acids is 1. The summed E-state index contributed by atoms with van der Waals surface area (Å²) in [7, 11) is 0. The van der Waals surface area contributed by atoms with Crippen molar-refractivity contribution in [2.75, 3.05) is 19.8 Å². The van der Waals surface area contributed by atoms with Gasteiger partial charge in [-0.25, -0.2) is 0 Å². The van der Waals surface area contributed by atoms with Crippen LogP contribution in [0.1, 0.15) is 99.8 Å². The molecule has 384 valence electrons. The van der Waals surface area contributed by atoms with E-state index in [4.69, 9.17) is 28.4 Å². The molecule has 3 saturated heterocycles. The summed E-state index contributed by atoms with van der Waals surface area (Å²) >= 11 is 0. The maximum atomic E-state index is 15.0. The van der Waals surface area contributed by atoms with E-state index in [0.717, 1.165) is 19.3 Å². The predicted octanol–water partition coefficient (Wildman–Crippen LogP) is -1.03. The summed E-state index contributed by atoms with van der Waals surface area (Å²) in [5.74, 6) is -0.386. The van der Waals surface area contributed by atoms with Gasteiger partial charge in [-0.05, 0) is 104 Å². The summed E-state index contributed by atoms with van der Waals surface area (Å²) in [6, 6.07) is 0. The second-order valence-corrected chi connectivity index (χ2v) is 22.9. The summed E-state index contributed by atoms with van der Waals surface area (Å²) in [6.45, 7) is 13.0. The summed E-state index contributed by atoms with van der Waals surface area (Å²) in [4.78, 5) is 15.0. The maximum absolute atomic E-state index is 15.0. The van der Waals surface area contributed by atoms with Crippen LogP contribution in [0.4, 0.5) is 0 Å². The third-order valence-electron chi connectivity index (χ3n) is 19.7. The van der Waals surface area contributed by atoms with Gasteiger partial charge >= 0.3 is 5.97 Å². The zero-order valence-electron chi connectivity index (χ0n) is 39.8. The molecule has 0 radical (unpaired) electrons. The Kier molecular flexibility index (Phi) is 14.4. The van der Waals surface area contributed by atoms with Crippen LogP contribution in [0.5, 0.6) is 0 Å². The number of ether oxygens (including phenoxy) is 6. The number of hydrogen-bond acceptors (Lipinski definition) is 19. The summed E-state index contributed by atoms with van der Waals surface area (Å²) in [6.07, 6.45) is -18.9. The Morgan fingerprint density at radius 1 is 0.701 bits per heavy atom. The van der Waals surface area contributed by atoms with Crippen LogP contribution in [0.3, 0.4) is 0 Å². The molecule has 7 fully saturated rings. The van der Waals surface area contributed by atoms with Crippen LogP contribution in [0.15, 0.2) is 11.6 Å². The largest absolute Gasteiger partial charge is 0.432 e. The first-order valence-electron chi connectivity index (χ1n) is 24.5. The summed E-state index contributed by atoms with van der Waals surface area (Å²) < 4.78 is 34.7. The van der Waals surface area contributed by atoms with Crippen LogP contribution >= 0.6 is 0 Å². The highest BCUT2D eigenvalue weighted by Gasteiger charge is 2.71. The minimum absolute atomic E-state index is 0.0112. The molecule has 0 amide bonds. The topological polar surface area (TPSA) is 315 Å². The molecule has 4 saturated carbocycles. The molecule has 8 aliphatic rings. The normalized spacial score (nSPS) is 56.7. The summed E-state index contributed by atoms with van der Waals surface area (Å²) in [5.41, 5.74) is -1.64. The predicted molar refractivity (Wildman–Crippen MR) is 231 cm³/mol. The number of fused-ring (bicyclic) bond motifs is 7. The fourth-order valence-electron chi connectivity index (χ4n) is 15.2. The van der Waals surface area contributed by atoms with Gasteiger partial charge in [0.15, 0.2) is 12.6 Å². The standard InChI is InChI=1S/C48H78O19/c1-20-10-13-48(15-14-46(6)23(29(48)21(20)2)8-9-28-44(4)16-24(51)39(60)45(5,19-50)27(44)11-12-47(28,46)7)43(61)67-42-36(58)33(55)31(53)26(65-42)18-62-40-37(59)34(56)38(25(17-49)64-40)66-41-35(57)32(54)30(52)22(3)63-41/h8,20-22,24-42,49-60H,9-19H2,1-7H3/t20-,21+,22-,24-,25+,26+,27+,28+,29+,30+,31-,32-,33-,34+,35-,36+,37+,38+,39-,40+,41+,42-,44+,45+,46-,47-,48+/m1/s1. The Morgan fingerprint density at radius 3 is 2.01 bits per heavy atom. The highest BCUT2D eigenvalue weighted by molar-refractivity contribution is 5.79. The van der Waals surface area contributed by atoms with Gasteiger partial charge in [-0.2, -0.15) is 0 Å². The first-order valence-corrected chi connectivity index (χ1v) is 24.5. The smallest absolute Gasteiger partial charge is 0.315 e. The third kappa shape index (κ3) is 7.92. The zero-order valence-corrected chi connectivity index (χ0v) is 39.8. The Hall–Kier alpha value is -1.47. The van der Waals surface area contributed by atoms with Crippen LogP contribution in [0, 0.1) is 56.7 Å². The van der Waals surface area contributed by atoms with Crippen LogP contribution in [-0.2, 0) is 33.2 Å². The van der Waals surface area contributed by atoms with Gasteiger partial charge in [-0.15, -0.1) is 0 Å².